The number of halogens is 1. The fraction of sp³-hybridized carbons (Fsp3) is 0.188. The number of hydrogen-bond donors (Lipinski definition) is 1. The normalized spacial score (nSPS) is 10.1. The number of carbonyl (C=O) groups excluding carboxylic acids is 1. The van der Waals surface area contributed by atoms with Crippen molar-refractivity contribution in [3.8, 4) is 17.2 Å². The molecule has 2 aromatic rings. The van der Waals surface area contributed by atoms with Crippen molar-refractivity contribution in [2.75, 3.05) is 14.2 Å². The highest BCUT2D eigenvalue weighted by atomic mass is 35.5. The third-order valence-electron chi connectivity index (χ3n) is 3.03. The maximum Gasteiger partial charge on any atom is 0.342 e. The molecule has 0 heterocycles. The summed E-state index contributed by atoms with van der Waals surface area (Å²) in [5.74, 6) is 0.159. The van der Waals surface area contributed by atoms with E-state index in [1.165, 1.54) is 26.4 Å². The molecule has 0 saturated carbocycles. The third kappa shape index (κ3) is 3.62. The van der Waals surface area contributed by atoms with Crippen molar-refractivity contribution in [1.82, 2.24) is 0 Å². The van der Waals surface area contributed by atoms with Gasteiger partial charge in [-0.1, -0.05) is 11.6 Å². The van der Waals surface area contributed by atoms with Gasteiger partial charge in [0.15, 0.2) is 0 Å². The summed E-state index contributed by atoms with van der Waals surface area (Å²) < 4.78 is 15.3. The van der Waals surface area contributed by atoms with Crippen LogP contribution in [0.5, 0.6) is 17.2 Å². The number of benzene rings is 2. The van der Waals surface area contributed by atoms with Crippen molar-refractivity contribution in [3.05, 3.63) is 52.5 Å². The Kier molecular flexibility index (Phi) is 5.12. The van der Waals surface area contributed by atoms with Gasteiger partial charge in [-0.15, -0.1) is 0 Å². The van der Waals surface area contributed by atoms with Gasteiger partial charge in [-0.05, 0) is 30.3 Å². The molecular weight excluding hydrogens is 308 g/mol. The maximum atomic E-state index is 12.0. The highest BCUT2D eigenvalue weighted by Gasteiger charge is 2.15. The summed E-state index contributed by atoms with van der Waals surface area (Å²) in [6, 6.07) is 9.37. The molecule has 1 N–H and O–H groups in total. The van der Waals surface area contributed by atoms with Gasteiger partial charge >= 0.3 is 5.97 Å². The van der Waals surface area contributed by atoms with Crippen molar-refractivity contribution in [2.45, 2.75) is 6.61 Å². The first-order chi connectivity index (χ1) is 10.5. The minimum Gasteiger partial charge on any atom is -0.507 e. The molecule has 0 unspecified atom stereocenters. The number of carbonyl (C=O) groups is 1. The molecule has 0 saturated heterocycles. The first-order valence-corrected chi connectivity index (χ1v) is 6.79. The van der Waals surface area contributed by atoms with E-state index in [1.807, 2.05) is 0 Å². The number of aromatic hydroxyl groups is 1. The topological polar surface area (TPSA) is 65.0 Å². The summed E-state index contributed by atoms with van der Waals surface area (Å²) in [4.78, 5) is 12.0. The lowest BCUT2D eigenvalue weighted by Gasteiger charge is -2.11. The molecule has 0 spiro atoms. The maximum absolute atomic E-state index is 12.0. The van der Waals surface area contributed by atoms with Crippen LogP contribution in [0.2, 0.25) is 5.02 Å². The van der Waals surface area contributed by atoms with Crippen molar-refractivity contribution < 1.29 is 24.1 Å². The molecule has 22 heavy (non-hydrogen) atoms. The fourth-order valence-electron chi connectivity index (χ4n) is 1.89. The second-order valence-electron chi connectivity index (χ2n) is 4.42. The molecule has 0 amide bonds. The number of phenolic OH excluding ortho intramolecular Hbond substituents is 1. The zero-order valence-corrected chi connectivity index (χ0v) is 12.9. The van der Waals surface area contributed by atoms with Crippen molar-refractivity contribution in [1.29, 1.82) is 0 Å². The summed E-state index contributed by atoms with van der Waals surface area (Å²) in [6.45, 7) is -0.0198. The lowest BCUT2D eigenvalue weighted by atomic mass is 10.2. The van der Waals surface area contributed by atoms with Gasteiger partial charge in [-0.3, -0.25) is 0 Å². The van der Waals surface area contributed by atoms with Gasteiger partial charge in [0.05, 0.1) is 14.2 Å². The summed E-state index contributed by atoms with van der Waals surface area (Å²) in [6.07, 6.45) is 0. The Balaban J connectivity index is 2.12. The van der Waals surface area contributed by atoms with Gasteiger partial charge in [-0.25, -0.2) is 4.79 Å². The highest BCUT2D eigenvalue weighted by molar-refractivity contribution is 6.30. The van der Waals surface area contributed by atoms with Crippen LogP contribution in [-0.4, -0.2) is 25.3 Å². The lowest BCUT2D eigenvalue weighted by Crippen LogP contribution is -2.06. The number of phenols is 1. The Morgan fingerprint density at radius 3 is 2.55 bits per heavy atom. The minimum absolute atomic E-state index is 0.0198. The minimum atomic E-state index is -0.651. The molecule has 0 aliphatic heterocycles. The number of hydrogen-bond acceptors (Lipinski definition) is 5. The van der Waals surface area contributed by atoms with Crippen LogP contribution in [0.15, 0.2) is 36.4 Å². The Hall–Kier alpha value is -2.40. The van der Waals surface area contributed by atoms with Crippen LogP contribution in [0.3, 0.4) is 0 Å². The molecule has 2 rings (SSSR count). The van der Waals surface area contributed by atoms with Crippen LogP contribution >= 0.6 is 11.6 Å². The van der Waals surface area contributed by atoms with Gasteiger partial charge in [0.2, 0.25) is 0 Å². The molecule has 0 fully saturated rings. The monoisotopic (exact) mass is 322 g/mol. The number of methoxy groups -OCH3 is 2. The van der Waals surface area contributed by atoms with Crippen molar-refractivity contribution in [3.63, 3.8) is 0 Å². The molecule has 5 nitrogen and oxygen atoms in total. The Morgan fingerprint density at radius 2 is 1.91 bits per heavy atom. The standard InChI is InChI=1S/C16H15ClO5/c1-20-12-4-5-13(14(18)8-12)16(19)22-9-10-7-11(17)3-6-15(10)21-2/h3-8,18H,9H2,1-2H3. The average Bonchev–Trinajstić information content (AvgIpc) is 2.52. The number of ether oxygens (including phenoxy) is 3. The van der Waals surface area contributed by atoms with Crippen molar-refractivity contribution in [2.24, 2.45) is 0 Å². The molecular formula is C16H15ClO5. The Bertz CT molecular complexity index is 684. The fourth-order valence-corrected chi connectivity index (χ4v) is 2.09. The quantitative estimate of drug-likeness (QED) is 0.854. The summed E-state index contributed by atoms with van der Waals surface area (Å²) in [5.41, 5.74) is 0.693. The summed E-state index contributed by atoms with van der Waals surface area (Å²) in [5, 5.41) is 10.3. The SMILES string of the molecule is COc1ccc(C(=O)OCc2cc(Cl)ccc2OC)c(O)c1. The highest BCUT2D eigenvalue weighted by Crippen LogP contribution is 2.26. The second-order valence-corrected chi connectivity index (χ2v) is 4.85. The zero-order chi connectivity index (χ0) is 16.1. The van der Waals surface area contributed by atoms with Crippen LogP contribution in [0.4, 0.5) is 0 Å². The molecule has 0 radical (unpaired) electrons. The predicted molar refractivity (Wildman–Crippen MR) is 81.8 cm³/mol. The van der Waals surface area contributed by atoms with Crippen LogP contribution in [0, 0.1) is 0 Å². The molecule has 116 valence electrons. The van der Waals surface area contributed by atoms with E-state index in [1.54, 1.807) is 24.3 Å². The van der Waals surface area contributed by atoms with E-state index < -0.39 is 5.97 Å². The second kappa shape index (κ2) is 7.04. The average molecular weight is 323 g/mol. The summed E-state index contributed by atoms with van der Waals surface area (Å²) >= 11 is 5.91. The largest absolute Gasteiger partial charge is 0.507 e. The van der Waals surface area contributed by atoms with E-state index in [9.17, 15) is 9.90 Å². The number of esters is 1. The van der Waals surface area contributed by atoms with E-state index >= 15 is 0 Å². The molecule has 0 aliphatic rings. The van der Waals surface area contributed by atoms with Crippen molar-refractivity contribution >= 4 is 17.6 Å². The van der Waals surface area contributed by atoms with E-state index in [4.69, 9.17) is 25.8 Å². The lowest BCUT2D eigenvalue weighted by molar-refractivity contribution is 0.0467. The van der Waals surface area contributed by atoms with E-state index in [2.05, 4.69) is 0 Å². The van der Waals surface area contributed by atoms with Gasteiger partial charge in [0.25, 0.3) is 0 Å². The predicted octanol–water partition coefficient (Wildman–Crippen LogP) is 3.42. The van der Waals surface area contributed by atoms with Gasteiger partial charge in [-0.2, -0.15) is 0 Å². The van der Waals surface area contributed by atoms with Crippen LogP contribution < -0.4 is 9.47 Å². The Morgan fingerprint density at radius 1 is 1.14 bits per heavy atom. The molecule has 0 aliphatic carbocycles. The molecule has 0 aromatic heterocycles. The smallest absolute Gasteiger partial charge is 0.342 e. The first-order valence-electron chi connectivity index (χ1n) is 6.41. The first kappa shape index (κ1) is 16.0. The van der Waals surface area contributed by atoms with Crippen LogP contribution in [0.25, 0.3) is 0 Å². The van der Waals surface area contributed by atoms with Crippen LogP contribution in [0.1, 0.15) is 15.9 Å². The number of rotatable bonds is 5. The van der Waals surface area contributed by atoms with Crippen LogP contribution in [-0.2, 0) is 11.3 Å². The molecule has 0 bridgehead atoms. The third-order valence-corrected chi connectivity index (χ3v) is 3.26. The van der Waals surface area contributed by atoms with E-state index in [-0.39, 0.29) is 17.9 Å². The van der Waals surface area contributed by atoms with E-state index in [0.717, 1.165) is 0 Å². The van der Waals surface area contributed by atoms with Gasteiger partial charge in [0, 0.05) is 16.7 Å². The van der Waals surface area contributed by atoms with Gasteiger partial charge < -0.3 is 19.3 Å². The summed E-state index contributed by atoms with van der Waals surface area (Å²) in [7, 11) is 2.99. The zero-order valence-electron chi connectivity index (χ0n) is 12.1. The Labute approximate surface area is 133 Å². The van der Waals surface area contributed by atoms with Gasteiger partial charge in [0.1, 0.15) is 29.4 Å². The molecule has 6 heteroatoms. The molecule has 0 atom stereocenters. The van der Waals surface area contributed by atoms with E-state index in [0.29, 0.717) is 22.1 Å². The molecule has 2 aromatic carbocycles.